The van der Waals surface area contributed by atoms with Crippen LogP contribution in [-0.4, -0.2) is 41.7 Å². The lowest BCUT2D eigenvalue weighted by Gasteiger charge is -2.15. The van der Waals surface area contributed by atoms with Crippen molar-refractivity contribution < 1.29 is 22.8 Å². The lowest BCUT2D eigenvalue weighted by Crippen LogP contribution is -2.24. The van der Waals surface area contributed by atoms with Crippen LogP contribution < -0.4 is 10.6 Å². The lowest BCUT2D eigenvalue weighted by atomic mass is 9.95. The van der Waals surface area contributed by atoms with Crippen LogP contribution in [0.15, 0.2) is 170 Å². The number of amides is 2. The van der Waals surface area contributed by atoms with Gasteiger partial charge in [-0.15, -0.1) is 0 Å². The van der Waals surface area contributed by atoms with Crippen LogP contribution in [0.5, 0.6) is 0 Å². The van der Waals surface area contributed by atoms with E-state index in [4.69, 9.17) is 19.9 Å². The molecule has 6 aromatic carbocycles. The molecular formula is C55H36F3IN8O2. The van der Waals surface area contributed by atoms with Gasteiger partial charge in [-0.05, 0) is 166 Å². The van der Waals surface area contributed by atoms with Crippen molar-refractivity contribution in [3.8, 4) is 56.2 Å². The monoisotopic (exact) mass is 1020 g/mol. The zero-order valence-corrected chi connectivity index (χ0v) is 38.5. The number of pyridine rings is 2. The standard InChI is InChI=1S/C55H36F3IN8O2/c56-40-13-7-35(8-14-40)51-54(67-49-24-34(6-20-46(49)64-51)30-63-55(69)39-4-2-22-61-31-39)38-12-18-45(59)43(27-38)42-26-37(11-17-44(42)58)53-52(36-9-15-41(57)16-10-36)66-48-23-33(5-19-47(48)65-53)29-62-50(68)25-32-3-1-21-60-28-32/h1-24,26-28,31H,25,29-30H2,(H,62,68)(H,63,69). The molecule has 4 heterocycles. The highest BCUT2D eigenvalue weighted by atomic mass is 127. The van der Waals surface area contributed by atoms with Gasteiger partial charge in [-0.3, -0.25) is 19.6 Å². The first-order valence-corrected chi connectivity index (χ1v) is 22.8. The first-order chi connectivity index (χ1) is 33.6. The Balaban J connectivity index is 1.02. The van der Waals surface area contributed by atoms with Gasteiger partial charge >= 0.3 is 0 Å². The van der Waals surface area contributed by atoms with Crippen LogP contribution in [0.25, 0.3) is 78.2 Å². The van der Waals surface area contributed by atoms with Crippen molar-refractivity contribution in [3.05, 3.63) is 214 Å². The maximum Gasteiger partial charge on any atom is 0.253 e. The molecule has 0 fully saturated rings. The summed E-state index contributed by atoms with van der Waals surface area (Å²) in [5, 5.41) is 5.88. The van der Waals surface area contributed by atoms with Gasteiger partial charge in [-0.1, -0.05) is 24.3 Å². The van der Waals surface area contributed by atoms with Crippen molar-refractivity contribution in [2.24, 2.45) is 0 Å². The number of halogens is 4. The second kappa shape index (κ2) is 19.5. The summed E-state index contributed by atoms with van der Waals surface area (Å²) in [5.74, 6) is -1.73. The zero-order chi connectivity index (χ0) is 47.4. The minimum atomic E-state index is -0.484. The molecule has 2 amide bonds. The number of hydrogen-bond acceptors (Lipinski definition) is 8. The molecule has 10 aromatic rings. The van der Waals surface area contributed by atoms with Gasteiger partial charge < -0.3 is 10.6 Å². The van der Waals surface area contributed by atoms with Gasteiger partial charge in [0.15, 0.2) is 0 Å². The molecule has 0 spiro atoms. The number of benzene rings is 6. The number of aromatic nitrogens is 6. The third-order valence-corrected chi connectivity index (χ3v) is 12.4. The molecule has 0 aliphatic rings. The van der Waals surface area contributed by atoms with E-state index in [2.05, 4.69) is 43.2 Å². The molecule has 2 N–H and O–H groups in total. The van der Waals surface area contributed by atoms with Crippen LogP contribution in [0.4, 0.5) is 13.2 Å². The molecule has 4 aromatic heterocycles. The summed E-state index contributed by atoms with van der Waals surface area (Å²) in [6.07, 6.45) is 6.60. The largest absolute Gasteiger partial charge is 0.352 e. The minimum Gasteiger partial charge on any atom is -0.352 e. The van der Waals surface area contributed by atoms with E-state index in [9.17, 15) is 18.4 Å². The normalized spacial score (nSPS) is 11.2. The van der Waals surface area contributed by atoms with Crippen molar-refractivity contribution >= 4 is 56.5 Å². The van der Waals surface area contributed by atoms with Crippen molar-refractivity contribution in [3.63, 3.8) is 0 Å². The average molecular weight is 1020 g/mol. The van der Waals surface area contributed by atoms with Gasteiger partial charge in [-0.25, -0.2) is 33.1 Å². The Hall–Kier alpha value is -8.24. The summed E-state index contributed by atoms with van der Waals surface area (Å²) < 4.78 is 45.6. The smallest absolute Gasteiger partial charge is 0.253 e. The number of nitrogens with one attached hydrogen (secondary N) is 2. The minimum absolute atomic E-state index is 0.155. The van der Waals surface area contributed by atoms with E-state index in [0.29, 0.717) is 78.2 Å². The highest BCUT2D eigenvalue weighted by Gasteiger charge is 2.21. The molecule has 0 saturated carbocycles. The van der Waals surface area contributed by atoms with E-state index in [0.717, 1.165) is 20.3 Å². The number of nitrogens with zero attached hydrogens (tertiary/aromatic N) is 6. The second-order valence-corrected chi connectivity index (χ2v) is 17.3. The Kier molecular flexibility index (Phi) is 12.6. The van der Waals surface area contributed by atoms with Crippen LogP contribution in [0.1, 0.15) is 27.0 Å². The summed E-state index contributed by atoms with van der Waals surface area (Å²) in [4.78, 5) is 53.9. The summed E-state index contributed by atoms with van der Waals surface area (Å²) in [6, 6.07) is 40.4. The molecule has 336 valence electrons. The predicted molar refractivity (Wildman–Crippen MR) is 268 cm³/mol. The van der Waals surface area contributed by atoms with Crippen molar-refractivity contribution in [2.45, 2.75) is 19.5 Å². The summed E-state index contributed by atoms with van der Waals surface area (Å²) >= 11 is 2.18. The van der Waals surface area contributed by atoms with E-state index in [1.165, 1.54) is 36.5 Å². The predicted octanol–water partition coefficient (Wildman–Crippen LogP) is 11.5. The van der Waals surface area contributed by atoms with E-state index < -0.39 is 17.5 Å². The quantitative estimate of drug-likeness (QED) is 0.116. The Bertz CT molecular complexity index is 3570. The fourth-order valence-corrected chi connectivity index (χ4v) is 8.56. The highest BCUT2D eigenvalue weighted by molar-refractivity contribution is 14.1. The summed E-state index contributed by atoms with van der Waals surface area (Å²) in [5.41, 5.74) is 10.2. The van der Waals surface area contributed by atoms with Gasteiger partial charge in [-0.2, -0.15) is 0 Å². The molecule has 0 saturated heterocycles. The number of rotatable bonds is 12. The fourth-order valence-electron chi connectivity index (χ4n) is 7.93. The van der Waals surface area contributed by atoms with Gasteiger partial charge in [0.05, 0.1) is 56.8 Å². The van der Waals surface area contributed by atoms with E-state index in [1.54, 1.807) is 73.2 Å². The molecule has 0 bridgehead atoms. The maximum absolute atomic E-state index is 16.4. The first kappa shape index (κ1) is 44.6. The van der Waals surface area contributed by atoms with Crippen LogP contribution in [-0.2, 0) is 24.3 Å². The van der Waals surface area contributed by atoms with Gasteiger partial charge in [0.2, 0.25) is 5.91 Å². The molecule has 0 radical (unpaired) electrons. The molecule has 10 nitrogen and oxygen atoms in total. The lowest BCUT2D eigenvalue weighted by molar-refractivity contribution is -0.120. The molecule has 14 heteroatoms. The summed E-state index contributed by atoms with van der Waals surface area (Å²) in [7, 11) is 0. The Morgan fingerprint density at radius 2 is 0.986 bits per heavy atom. The van der Waals surface area contributed by atoms with Crippen molar-refractivity contribution in [1.82, 2.24) is 40.5 Å². The Labute approximate surface area is 407 Å². The average Bonchev–Trinajstić information content (AvgIpc) is 3.38. The molecule has 0 unspecified atom stereocenters. The Morgan fingerprint density at radius 3 is 1.55 bits per heavy atom. The SMILES string of the molecule is O=C(Cc1cccnc1)NCc1ccc2nc(-c3ccc(F)c(-c4cc(-c5nc6cc(CNC(=O)c7cccnc7)ccc6nc5-c5ccc(F)cc5)ccc4I)c3)c(-c3ccc(F)cc3)nc2c1. The maximum atomic E-state index is 16.4. The van der Waals surface area contributed by atoms with E-state index in [-0.39, 0.29) is 36.9 Å². The second-order valence-electron chi connectivity index (χ2n) is 16.1. The molecule has 0 aliphatic carbocycles. The number of carbonyl (C=O) groups excluding carboxylic acids is 2. The van der Waals surface area contributed by atoms with Gasteiger partial charge in [0.1, 0.15) is 17.5 Å². The molecule has 0 atom stereocenters. The first-order valence-electron chi connectivity index (χ1n) is 21.7. The van der Waals surface area contributed by atoms with Crippen LogP contribution >= 0.6 is 22.6 Å². The summed E-state index contributed by atoms with van der Waals surface area (Å²) in [6.45, 7) is 0.483. The van der Waals surface area contributed by atoms with E-state index >= 15 is 4.39 Å². The van der Waals surface area contributed by atoms with Crippen molar-refractivity contribution in [2.75, 3.05) is 0 Å². The zero-order valence-electron chi connectivity index (χ0n) is 36.3. The van der Waals surface area contributed by atoms with Crippen LogP contribution in [0, 0.1) is 21.0 Å². The molecule has 0 aliphatic heterocycles. The van der Waals surface area contributed by atoms with Gasteiger partial charge in [0, 0.05) is 69.3 Å². The number of fused-ring (bicyclic) bond motifs is 2. The van der Waals surface area contributed by atoms with Gasteiger partial charge in [0.25, 0.3) is 5.91 Å². The third kappa shape index (κ3) is 9.92. The van der Waals surface area contributed by atoms with Crippen molar-refractivity contribution in [1.29, 1.82) is 0 Å². The van der Waals surface area contributed by atoms with Crippen LogP contribution in [0.3, 0.4) is 0 Å². The number of carbonyl (C=O) groups is 2. The molecule has 10 rings (SSSR count). The molecular weight excluding hydrogens is 989 g/mol. The van der Waals surface area contributed by atoms with Crippen LogP contribution in [0.2, 0.25) is 0 Å². The number of hydrogen-bond donors (Lipinski definition) is 2. The Morgan fingerprint density at radius 1 is 0.478 bits per heavy atom. The fraction of sp³-hybridized carbons (Fsp3) is 0.0545. The third-order valence-electron chi connectivity index (χ3n) is 11.4. The highest BCUT2D eigenvalue weighted by Crippen LogP contribution is 2.39. The topological polar surface area (TPSA) is 136 Å². The molecule has 69 heavy (non-hydrogen) atoms. The van der Waals surface area contributed by atoms with E-state index in [1.807, 2.05) is 60.7 Å².